The molecule has 0 spiro atoms. The van der Waals surface area contributed by atoms with E-state index in [2.05, 4.69) is 5.32 Å². The molecule has 0 bridgehead atoms. The summed E-state index contributed by atoms with van der Waals surface area (Å²) in [6.07, 6.45) is 1.64. The molecule has 0 atom stereocenters. The van der Waals surface area contributed by atoms with Crippen molar-refractivity contribution in [1.29, 1.82) is 5.26 Å². The summed E-state index contributed by atoms with van der Waals surface area (Å²) in [7, 11) is -3.64. The first-order valence-electron chi connectivity index (χ1n) is 7.78. The van der Waals surface area contributed by atoms with Gasteiger partial charge in [-0.25, -0.2) is 8.42 Å². The van der Waals surface area contributed by atoms with Gasteiger partial charge in [-0.15, -0.1) is 0 Å². The SMILES string of the molecule is CS(=O)(=O)N(CC(=O)NCCc1ccc(Cl)cc1)c1ccc(C#N)cc1. The number of halogens is 1. The van der Waals surface area contributed by atoms with Crippen LogP contribution in [0.2, 0.25) is 5.02 Å². The summed E-state index contributed by atoms with van der Waals surface area (Å²) < 4.78 is 25.0. The van der Waals surface area contributed by atoms with Crippen molar-refractivity contribution in [2.75, 3.05) is 23.7 Å². The Morgan fingerprint density at radius 3 is 2.31 bits per heavy atom. The van der Waals surface area contributed by atoms with E-state index in [1.54, 1.807) is 12.1 Å². The maximum absolute atomic E-state index is 12.2. The standard InChI is InChI=1S/C18H18ClN3O3S/c1-26(24,25)22(17-8-4-15(12-20)5-9-17)13-18(23)21-11-10-14-2-6-16(19)7-3-14/h2-9H,10-11,13H2,1H3,(H,21,23). The molecule has 2 aromatic carbocycles. The molecule has 0 aromatic heterocycles. The van der Waals surface area contributed by atoms with Crippen LogP contribution in [0, 0.1) is 11.3 Å². The predicted molar refractivity (Wildman–Crippen MR) is 102 cm³/mol. The fraction of sp³-hybridized carbons (Fsp3) is 0.222. The Morgan fingerprint density at radius 2 is 1.77 bits per heavy atom. The van der Waals surface area contributed by atoms with Gasteiger partial charge in [0.1, 0.15) is 6.54 Å². The van der Waals surface area contributed by atoms with Crippen molar-refractivity contribution in [3.63, 3.8) is 0 Å². The van der Waals surface area contributed by atoms with Crippen LogP contribution in [0.5, 0.6) is 0 Å². The third kappa shape index (κ3) is 5.76. The number of nitriles is 1. The van der Waals surface area contributed by atoms with Gasteiger partial charge in [0.05, 0.1) is 23.6 Å². The van der Waals surface area contributed by atoms with E-state index < -0.39 is 15.9 Å². The normalized spacial score (nSPS) is 10.8. The molecule has 2 rings (SSSR count). The van der Waals surface area contributed by atoms with E-state index in [4.69, 9.17) is 16.9 Å². The van der Waals surface area contributed by atoms with E-state index in [-0.39, 0.29) is 6.54 Å². The lowest BCUT2D eigenvalue weighted by molar-refractivity contribution is -0.119. The van der Waals surface area contributed by atoms with Crippen molar-refractivity contribution in [3.8, 4) is 6.07 Å². The first-order valence-corrected chi connectivity index (χ1v) is 10.0. The van der Waals surface area contributed by atoms with Crippen LogP contribution in [0.1, 0.15) is 11.1 Å². The average molecular weight is 392 g/mol. The smallest absolute Gasteiger partial charge is 0.240 e. The maximum Gasteiger partial charge on any atom is 0.240 e. The van der Waals surface area contributed by atoms with Gasteiger partial charge < -0.3 is 5.32 Å². The molecule has 0 aliphatic carbocycles. The number of sulfonamides is 1. The second-order valence-electron chi connectivity index (χ2n) is 5.65. The van der Waals surface area contributed by atoms with Crippen molar-refractivity contribution in [2.24, 2.45) is 0 Å². The maximum atomic E-state index is 12.2. The van der Waals surface area contributed by atoms with E-state index >= 15 is 0 Å². The monoisotopic (exact) mass is 391 g/mol. The molecule has 0 fully saturated rings. The molecule has 0 saturated carbocycles. The summed E-state index contributed by atoms with van der Waals surface area (Å²) in [5.74, 6) is -0.409. The third-order valence-corrected chi connectivity index (χ3v) is 5.01. The Balaban J connectivity index is 1.98. The molecule has 0 aliphatic heterocycles. The molecule has 2 aromatic rings. The van der Waals surface area contributed by atoms with Crippen molar-refractivity contribution in [1.82, 2.24) is 5.32 Å². The van der Waals surface area contributed by atoms with Gasteiger partial charge in [-0.2, -0.15) is 5.26 Å². The summed E-state index contributed by atoms with van der Waals surface area (Å²) >= 11 is 5.82. The number of rotatable bonds is 7. The van der Waals surface area contributed by atoms with Crippen molar-refractivity contribution in [2.45, 2.75) is 6.42 Å². The number of carbonyl (C=O) groups is 1. The fourth-order valence-corrected chi connectivity index (χ4v) is 3.27. The topological polar surface area (TPSA) is 90.3 Å². The van der Waals surface area contributed by atoms with Gasteiger partial charge in [-0.05, 0) is 48.4 Å². The summed E-state index contributed by atoms with van der Waals surface area (Å²) in [5, 5.41) is 12.2. The quantitative estimate of drug-likeness (QED) is 0.784. The number of hydrogen-bond acceptors (Lipinski definition) is 4. The molecule has 0 heterocycles. The van der Waals surface area contributed by atoms with Gasteiger partial charge in [0.15, 0.2) is 0 Å². The van der Waals surface area contributed by atoms with E-state index in [1.165, 1.54) is 24.3 Å². The molecule has 136 valence electrons. The number of nitrogens with zero attached hydrogens (tertiary/aromatic N) is 2. The highest BCUT2D eigenvalue weighted by atomic mass is 35.5. The summed E-state index contributed by atoms with van der Waals surface area (Å²) in [6, 6.07) is 15.3. The van der Waals surface area contributed by atoms with Crippen LogP contribution in [-0.4, -0.2) is 33.7 Å². The van der Waals surface area contributed by atoms with Crippen LogP contribution < -0.4 is 9.62 Å². The molecule has 0 aliphatic rings. The van der Waals surface area contributed by atoms with Crippen LogP contribution >= 0.6 is 11.6 Å². The molecule has 8 heteroatoms. The van der Waals surface area contributed by atoms with Gasteiger partial charge >= 0.3 is 0 Å². The molecule has 6 nitrogen and oxygen atoms in total. The van der Waals surface area contributed by atoms with Gasteiger partial charge in [0.25, 0.3) is 0 Å². The molecule has 0 radical (unpaired) electrons. The summed E-state index contributed by atoms with van der Waals surface area (Å²) in [6.45, 7) is 0.0524. The number of carbonyl (C=O) groups excluding carboxylic acids is 1. The Hall–Kier alpha value is -2.56. The molecular formula is C18H18ClN3O3S. The Kier molecular flexibility index (Phi) is 6.61. The van der Waals surface area contributed by atoms with E-state index in [0.29, 0.717) is 29.2 Å². The number of benzene rings is 2. The second kappa shape index (κ2) is 8.70. The lowest BCUT2D eigenvalue weighted by atomic mass is 10.1. The molecule has 0 saturated heterocycles. The first-order chi connectivity index (χ1) is 12.3. The Morgan fingerprint density at radius 1 is 1.15 bits per heavy atom. The fourth-order valence-electron chi connectivity index (χ4n) is 2.29. The van der Waals surface area contributed by atoms with Gasteiger partial charge in [0, 0.05) is 11.6 Å². The minimum atomic E-state index is -3.64. The predicted octanol–water partition coefficient (Wildman–Crippen LogP) is 2.34. The van der Waals surface area contributed by atoms with Crippen LogP contribution in [0.4, 0.5) is 5.69 Å². The van der Waals surface area contributed by atoms with E-state index in [9.17, 15) is 13.2 Å². The number of nitrogens with one attached hydrogen (secondary N) is 1. The van der Waals surface area contributed by atoms with Crippen LogP contribution in [0.25, 0.3) is 0 Å². The van der Waals surface area contributed by atoms with Gasteiger partial charge in [-0.1, -0.05) is 23.7 Å². The Labute approximate surface area is 158 Å². The largest absolute Gasteiger partial charge is 0.354 e. The van der Waals surface area contributed by atoms with Crippen molar-refractivity contribution >= 4 is 33.2 Å². The van der Waals surface area contributed by atoms with Gasteiger partial charge in [0.2, 0.25) is 15.9 Å². The van der Waals surface area contributed by atoms with Crippen molar-refractivity contribution in [3.05, 3.63) is 64.7 Å². The zero-order valence-corrected chi connectivity index (χ0v) is 15.7. The zero-order valence-electron chi connectivity index (χ0n) is 14.1. The highest BCUT2D eigenvalue weighted by molar-refractivity contribution is 7.92. The zero-order chi connectivity index (χ0) is 19.2. The highest BCUT2D eigenvalue weighted by Gasteiger charge is 2.20. The molecule has 0 unspecified atom stereocenters. The van der Waals surface area contributed by atoms with Gasteiger partial charge in [-0.3, -0.25) is 9.10 Å². The van der Waals surface area contributed by atoms with Crippen LogP contribution in [-0.2, 0) is 21.2 Å². The number of hydrogen-bond donors (Lipinski definition) is 1. The lowest BCUT2D eigenvalue weighted by Crippen LogP contribution is -2.40. The molecular weight excluding hydrogens is 374 g/mol. The molecule has 1 amide bonds. The average Bonchev–Trinajstić information content (AvgIpc) is 2.60. The molecule has 26 heavy (non-hydrogen) atoms. The number of anilines is 1. The van der Waals surface area contributed by atoms with Crippen molar-refractivity contribution < 1.29 is 13.2 Å². The third-order valence-electron chi connectivity index (χ3n) is 3.62. The molecule has 1 N–H and O–H groups in total. The first kappa shape index (κ1) is 19.8. The van der Waals surface area contributed by atoms with Crippen LogP contribution in [0.3, 0.4) is 0 Å². The minimum absolute atomic E-state index is 0.328. The van der Waals surface area contributed by atoms with E-state index in [0.717, 1.165) is 16.1 Å². The van der Waals surface area contributed by atoms with Crippen LogP contribution in [0.15, 0.2) is 48.5 Å². The summed E-state index contributed by atoms with van der Waals surface area (Å²) in [5.41, 5.74) is 1.76. The minimum Gasteiger partial charge on any atom is -0.354 e. The lowest BCUT2D eigenvalue weighted by Gasteiger charge is -2.21. The van der Waals surface area contributed by atoms with E-state index in [1.807, 2.05) is 18.2 Å². The number of amides is 1. The Bertz CT molecular complexity index is 904. The summed E-state index contributed by atoms with van der Waals surface area (Å²) in [4.78, 5) is 12.2. The second-order valence-corrected chi connectivity index (χ2v) is 8.00. The highest BCUT2D eigenvalue weighted by Crippen LogP contribution is 2.18.